The van der Waals surface area contributed by atoms with Crippen LogP contribution in [0.15, 0.2) is 42.5 Å². The molecule has 2 aromatic carbocycles. The molecule has 0 bridgehead atoms. The van der Waals surface area contributed by atoms with Crippen LogP contribution in [0.2, 0.25) is 0 Å². The minimum absolute atomic E-state index is 0.00789. The highest BCUT2D eigenvalue weighted by molar-refractivity contribution is 7.80. The van der Waals surface area contributed by atoms with Gasteiger partial charge >= 0.3 is 0 Å². The number of nitrogens with zero attached hydrogens (tertiary/aromatic N) is 3. The molecule has 1 N–H and O–H groups in total. The summed E-state index contributed by atoms with van der Waals surface area (Å²) in [5, 5.41) is 14.6. The van der Waals surface area contributed by atoms with Crippen LogP contribution < -0.4 is 15.0 Å². The van der Waals surface area contributed by atoms with Crippen LogP contribution >= 0.6 is 12.2 Å². The van der Waals surface area contributed by atoms with Crippen LogP contribution in [0.1, 0.15) is 35.7 Å². The summed E-state index contributed by atoms with van der Waals surface area (Å²) in [7, 11) is 1.48. The highest BCUT2D eigenvalue weighted by Crippen LogP contribution is 2.32. The number of piperazine rings is 1. The van der Waals surface area contributed by atoms with E-state index in [2.05, 4.69) is 19.2 Å². The van der Waals surface area contributed by atoms with Crippen molar-refractivity contribution >= 4 is 34.6 Å². The first-order valence-electron chi connectivity index (χ1n) is 10.1. The maximum absolute atomic E-state index is 12.5. The number of nitro benzene ring substituents is 1. The van der Waals surface area contributed by atoms with Gasteiger partial charge in [-0.15, -0.1) is 0 Å². The zero-order chi connectivity index (χ0) is 22.5. The molecule has 0 radical (unpaired) electrons. The minimum Gasteiger partial charge on any atom is -0.496 e. The van der Waals surface area contributed by atoms with Gasteiger partial charge in [-0.3, -0.25) is 20.2 Å². The summed E-state index contributed by atoms with van der Waals surface area (Å²) in [6.45, 7) is 6.40. The van der Waals surface area contributed by atoms with Crippen LogP contribution in [0.3, 0.4) is 0 Å². The van der Waals surface area contributed by atoms with E-state index < -0.39 is 4.92 Å². The van der Waals surface area contributed by atoms with Crippen LogP contribution in [0.4, 0.5) is 11.4 Å². The number of amides is 1. The molecule has 31 heavy (non-hydrogen) atoms. The predicted molar refractivity (Wildman–Crippen MR) is 124 cm³/mol. The van der Waals surface area contributed by atoms with Gasteiger partial charge in [-0.05, 0) is 48.0 Å². The average molecular weight is 443 g/mol. The summed E-state index contributed by atoms with van der Waals surface area (Å²) in [6.07, 6.45) is 0. The monoisotopic (exact) mass is 442 g/mol. The van der Waals surface area contributed by atoms with Crippen molar-refractivity contribution in [2.75, 3.05) is 38.2 Å². The SMILES string of the molecule is COc1ccc(N2CCN(C(=S)NC(=O)c3ccc(C(C)C)cc3)CC2)c([N+](=O)[O-])c1. The van der Waals surface area contributed by atoms with E-state index in [9.17, 15) is 14.9 Å². The van der Waals surface area contributed by atoms with Crippen LogP contribution in [-0.2, 0) is 0 Å². The lowest BCUT2D eigenvalue weighted by atomic mass is 10.0. The van der Waals surface area contributed by atoms with Gasteiger partial charge in [0.25, 0.3) is 11.6 Å². The van der Waals surface area contributed by atoms with Crippen LogP contribution in [-0.4, -0.2) is 54.1 Å². The third kappa shape index (κ3) is 5.29. The molecule has 1 aliphatic heterocycles. The second-order valence-corrected chi connectivity index (χ2v) is 8.01. The summed E-state index contributed by atoms with van der Waals surface area (Å²) in [4.78, 5) is 27.4. The molecule has 0 aliphatic carbocycles. The molecule has 164 valence electrons. The Hall–Kier alpha value is -3.20. The molecule has 0 saturated carbocycles. The lowest BCUT2D eigenvalue weighted by Crippen LogP contribution is -2.52. The van der Waals surface area contributed by atoms with E-state index in [4.69, 9.17) is 17.0 Å². The molecule has 0 unspecified atom stereocenters. The van der Waals surface area contributed by atoms with Gasteiger partial charge in [-0.2, -0.15) is 0 Å². The van der Waals surface area contributed by atoms with Crippen LogP contribution in [0.5, 0.6) is 5.75 Å². The second-order valence-electron chi connectivity index (χ2n) is 7.62. The molecule has 1 saturated heterocycles. The first-order chi connectivity index (χ1) is 14.8. The van der Waals surface area contributed by atoms with Crippen molar-refractivity contribution in [3.8, 4) is 5.75 Å². The van der Waals surface area contributed by atoms with Gasteiger partial charge in [0.2, 0.25) is 0 Å². The molecule has 0 atom stereocenters. The van der Waals surface area contributed by atoms with Crippen LogP contribution in [0, 0.1) is 10.1 Å². The highest BCUT2D eigenvalue weighted by Gasteiger charge is 2.26. The zero-order valence-electron chi connectivity index (χ0n) is 17.8. The Labute approximate surface area is 186 Å². The average Bonchev–Trinajstić information content (AvgIpc) is 2.78. The fraction of sp³-hybridized carbons (Fsp3) is 0.364. The molecule has 3 rings (SSSR count). The van der Waals surface area contributed by atoms with Crippen molar-refractivity contribution in [3.05, 3.63) is 63.7 Å². The van der Waals surface area contributed by atoms with Gasteiger partial charge < -0.3 is 14.5 Å². The van der Waals surface area contributed by atoms with E-state index in [1.165, 1.54) is 18.7 Å². The number of carbonyl (C=O) groups excluding carboxylic acids is 1. The third-order valence-electron chi connectivity index (χ3n) is 5.35. The van der Waals surface area contributed by atoms with Gasteiger partial charge in [-0.25, -0.2) is 0 Å². The number of nitro groups is 1. The molecule has 1 amide bonds. The number of anilines is 1. The Kier molecular flexibility index (Phi) is 7.06. The Morgan fingerprint density at radius 3 is 2.32 bits per heavy atom. The maximum atomic E-state index is 12.5. The Morgan fingerprint density at radius 2 is 1.77 bits per heavy atom. The fourth-order valence-corrected chi connectivity index (χ4v) is 3.74. The zero-order valence-corrected chi connectivity index (χ0v) is 18.6. The van der Waals surface area contributed by atoms with E-state index in [-0.39, 0.29) is 11.6 Å². The molecule has 9 heteroatoms. The summed E-state index contributed by atoms with van der Waals surface area (Å²) in [5.41, 5.74) is 2.28. The summed E-state index contributed by atoms with van der Waals surface area (Å²) in [5.74, 6) is 0.601. The van der Waals surface area contributed by atoms with Gasteiger partial charge in [0.15, 0.2) is 5.11 Å². The number of ether oxygens (including phenoxy) is 1. The lowest BCUT2D eigenvalue weighted by molar-refractivity contribution is -0.384. The number of thiocarbonyl (C=S) groups is 1. The molecule has 2 aromatic rings. The Balaban J connectivity index is 1.60. The quantitative estimate of drug-likeness (QED) is 0.430. The van der Waals surface area contributed by atoms with Gasteiger partial charge in [0, 0.05) is 31.7 Å². The van der Waals surface area contributed by atoms with E-state index in [0.29, 0.717) is 54.2 Å². The smallest absolute Gasteiger partial charge is 0.296 e. The normalized spacial score (nSPS) is 13.8. The molecule has 1 fully saturated rings. The number of carbonyl (C=O) groups is 1. The van der Waals surface area contributed by atoms with E-state index in [1.807, 2.05) is 21.9 Å². The molecule has 8 nitrogen and oxygen atoms in total. The number of methoxy groups -OCH3 is 1. The number of hydrogen-bond donors (Lipinski definition) is 1. The number of benzene rings is 2. The predicted octanol–water partition coefficient (Wildman–Crippen LogP) is 3.56. The first kappa shape index (κ1) is 22.5. The lowest BCUT2D eigenvalue weighted by Gasteiger charge is -2.37. The summed E-state index contributed by atoms with van der Waals surface area (Å²) < 4.78 is 5.10. The molecular weight excluding hydrogens is 416 g/mol. The van der Waals surface area contributed by atoms with Crippen LogP contribution in [0.25, 0.3) is 0 Å². The minimum atomic E-state index is -0.403. The van der Waals surface area contributed by atoms with Crippen molar-refractivity contribution in [3.63, 3.8) is 0 Å². The van der Waals surface area contributed by atoms with Crippen molar-refractivity contribution < 1.29 is 14.5 Å². The second kappa shape index (κ2) is 9.74. The van der Waals surface area contributed by atoms with Gasteiger partial charge in [-0.1, -0.05) is 26.0 Å². The largest absolute Gasteiger partial charge is 0.496 e. The molecule has 0 aromatic heterocycles. The molecule has 0 spiro atoms. The van der Waals surface area contributed by atoms with Gasteiger partial charge in [0.05, 0.1) is 18.1 Å². The summed E-state index contributed by atoms with van der Waals surface area (Å²) in [6, 6.07) is 12.3. The van der Waals surface area contributed by atoms with E-state index >= 15 is 0 Å². The molecular formula is C22H26N4O4S. The standard InChI is InChI=1S/C22H26N4O4S/c1-15(2)16-4-6-17(7-5-16)21(27)23-22(31)25-12-10-24(11-13-25)19-9-8-18(30-3)14-20(19)26(28)29/h4-9,14-15H,10-13H2,1-3H3,(H,23,27,31). The third-order valence-corrected chi connectivity index (χ3v) is 5.71. The fourth-order valence-electron chi connectivity index (χ4n) is 3.46. The van der Waals surface area contributed by atoms with Crippen molar-refractivity contribution in [1.29, 1.82) is 0 Å². The van der Waals surface area contributed by atoms with E-state index in [1.54, 1.807) is 24.3 Å². The first-order valence-corrected chi connectivity index (χ1v) is 10.5. The Morgan fingerprint density at radius 1 is 1.13 bits per heavy atom. The summed E-state index contributed by atoms with van der Waals surface area (Å²) >= 11 is 5.42. The number of hydrogen-bond acceptors (Lipinski definition) is 6. The number of nitrogens with one attached hydrogen (secondary N) is 1. The Bertz CT molecular complexity index is 970. The van der Waals surface area contributed by atoms with E-state index in [0.717, 1.165) is 0 Å². The van der Waals surface area contributed by atoms with Crippen molar-refractivity contribution in [1.82, 2.24) is 10.2 Å². The maximum Gasteiger partial charge on any atom is 0.296 e. The van der Waals surface area contributed by atoms with Gasteiger partial charge in [0.1, 0.15) is 11.4 Å². The molecule has 1 aliphatic rings. The van der Waals surface area contributed by atoms with Crippen molar-refractivity contribution in [2.24, 2.45) is 0 Å². The van der Waals surface area contributed by atoms with Crippen molar-refractivity contribution in [2.45, 2.75) is 19.8 Å². The number of rotatable bonds is 5. The topological polar surface area (TPSA) is 88.0 Å². The highest BCUT2D eigenvalue weighted by atomic mass is 32.1. The molecule has 1 heterocycles.